The predicted octanol–water partition coefficient (Wildman–Crippen LogP) is 9.61. The van der Waals surface area contributed by atoms with Crippen LogP contribution in [0.3, 0.4) is 0 Å². The smallest absolute Gasteiger partial charge is 0.219 e. The second kappa shape index (κ2) is 18.9. The van der Waals surface area contributed by atoms with Crippen LogP contribution in [0.25, 0.3) is 12.2 Å². The zero-order chi connectivity index (χ0) is 25.8. The lowest BCUT2D eigenvalue weighted by molar-refractivity contribution is -0.121. The largest absolute Gasteiger partial charge is 0.356 e. The maximum Gasteiger partial charge on any atom is 0.219 e. The highest BCUT2D eigenvalue weighted by Crippen LogP contribution is 2.18. The van der Waals surface area contributed by atoms with Crippen LogP contribution in [0.15, 0.2) is 42.5 Å². The first-order valence-electron chi connectivity index (χ1n) is 14.7. The molecule has 2 rings (SSSR count). The van der Waals surface area contributed by atoms with Gasteiger partial charge in [-0.2, -0.15) is 0 Å². The number of carbonyl (C=O) groups is 1. The first-order chi connectivity index (χ1) is 17.6. The Kier molecular flexibility index (Phi) is 15.6. The molecule has 0 aliphatic carbocycles. The Hall–Kier alpha value is -2.35. The number of benzene rings is 2. The molecule has 2 aromatic rings. The molecule has 1 N–H and O–H groups in total. The molecule has 2 aromatic carbocycles. The van der Waals surface area contributed by atoms with Gasteiger partial charge in [0.05, 0.1) is 0 Å². The van der Waals surface area contributed by atoms with Gasteiger partial charge in [-0.3, -0.25) is 4.79 Å². The van der Waals surface area contributed by atoms with Crippen molar-refractivity contribution in [1.29, 1.82) is 0 Å². The van der Waals surface area contributed by atoms with E-state index in [9.17, 15) is 4.79 Å². The van der Waals surface area contributed by atoms with Crippen LogP contribution in [0.2, 0.25) is 0 Å². The lowest BCUT2D eigenvalue weighted by Crippen LogP contribution is -2.24. The van der Waals surface area contributed by atoms with Crippen molar-refractivity contribution in [1.82, 2.24) is 5.32 Å². The number of amides is 1. The summed E-state index contributed by atoms with van der Waals surface area (Å²) in [5.74, 6) is 0.215. The van der Waals surface area contributed by atoms with E-state index in [1.54, 1.807) is 0 Å². The van der Waals surface area contributed by atoms with E-state index < -0.39 is 0 Å². The fraction of sp³-hybridized carbons (Fsp3) is 0.559. The van der Waals surface area contributed by atoms with Crippen molar-refractivity contribution >= 4 is 18.1 Å². The van der Waals surface area contributed by atoms with Gasteiger partial charge in [0.25, 0.3) is 0 Å². The Labute approximate surface area is 222 Å². The molecular formula is C34H51NO. The molecule has 2 heteroatoms. The van der Waals surface area contributed by atoms with Gasteiger partial charge in [-0.15, -0.1) is 0 Å². The minimum atomic E-state index is 0.215. The second-order valence-corrected chi connectivity index (χ2v) is 10.5. The van der Waals surface area contributed by atoms with Crippen molar-refractivity contribution in [2.24, 2.45) is 0 Å². The van der Waals surface area contributed by atoms with Crippen molar-refractivity contribution in [3.8, 4) is 0 Å². The van der Waals surface area contributed by atoms with Crippen molar-refractivity contribution in [2.45, 2.75) is 117 Å². The van der Waals surface area contributed by atoms with Crippen molar-refractivity contribution < 1.29 is 4.79 Å². The summed E-state index contributed by atoms with van der Waals surface area (Å²) in [5.41, 5.74) is 6.47. The fourth-order valence-electron chi connectivity index (χ4n) is 4.86. The number of unbranched alkanes of at least 4 members (excludes halogenated alkanes) is 11. The van der Waals surface area contributed by atoms with E-state index in [4.69, 9.17) is 0 Å². The Morgan fingerprint density at radius 1 is 0.722 bits per heavy atom. The van der Waals surface area contributed by atoms with Gasteiger partial charge in [0.1, 0.15) is 0 Å². The summed E-state index contributed by atoms with van der Waals surface area (Å²) in [6.45, 7) is 7.36. The summed E-state index contributed by atoms with van der Waals surface area (Å²) in [6, 6.07) is 15.2. The molecule has 0 atom stereocenters. The summed E-state index contributed by atoms with van der Waals surface area (Å²) < 4.78 is 0. The van der Waals surface area contributed by atoms with Gasteiger partial charge in [0.2, 0.25) is 5.91 Å². The molecule has 0 heterocycles. The van der Waals surface area contributed by atoms with E-state index in [0.29, 0.717) is 6.42 Å². The maximum absolute atomic E-state index is 12.1. The monoisotopic (exact) mass is 489 g/mol. The summed E-state index contributed by atoms with van der Waals surface area (Å²) in [4.78, 5) is 12.1. The van der Waals surface area contributed by atoms with Crippen LogP contribution in [0.5, 0.6) is 0 Å². The van der Waals surface area contributed by atoms with E-state index in [0.717, 1.165) is 25.8 Å². The average molecular weight is 490 g/mol. The molecule has 0 aliphatic heterocycles. The molecule has 1 amide bonds. The fourth-order valence-corrected chi connectivity index (χ4v) is 4.86. The third kappa shape index (κ3) is 13.1. The Bertz CT molecular complexity index is 878. The molecule has 0 aliphatic rings. The van der Waals surface area contributed by atoms with Gasteiger partial charge < -0.3 is 5.32 Å². The van der Waals surface area contributed by atoms with E-state index in [1.807, 2.05) is 0 Å². The molecule has 0 radical (unpaired) electrons. The normalized spacial score (nSPS) is 11.3. The van der Waals surface area contributed by atoms with Gasteiger partial charge >= 0.3 is 0 Å². The average Bonchev–Trinajstić information content (AvgIpc) is 2.87. The predicted molar refractivity (Wildman–Crippen MR) is 158 cm³/mol. The molecule has 0 spiro atoms. The molecular weight excluding hydrogens is 438 g/mol. The molecule has 198 valence electrons. The van der Waals surface area contributed by atoms with Crippen molar-refractivity contribution in [3.05, 3.63) is 70.3 Å². The first kappa shape index (κ1) is 29.9. The quantitative estimate of drug-likeness (QED) is 0.154. The van der Waals surface area contributed by atoms with Crippen molar-refractivity contribution in [3.63, 3.8) is 0 Å². The van der Waals surface area contributed by atoms with Crippen LogP contribution >= 0.6 is 0 Å². The number of hydrogen-bond acceptors (Lipinski definition) is 1. The van der Waals surface area contributed by atoms with Crippen LogP contribution in [-0.2, 0) is 11.2 Å². The van der Waals surface area contributed by atoms with Crippen LogP contribution in [0.1, 0.15) is 125 Å². The topological polar surface area (TPSA) is 29.1 Å². The standard InChI is InChI=1S/C34H51NO/c1-4-5-6-7-8-9-10-11-12-13-14-15-24-34(36)35-27-18-23-31-21-17-22-32(28-31)25-26-33-29(2)19-16-20-30(33)3/h16-17,19-22,25-26,28H,4-15,18,23-24,27H2,1-3H3,(H,35,36)/b26-25-. The third-order valence-electron chi connectivity index (χ3n) is 7.16. The summed E-state index contributed by atoms with van der Waals surface area (Å²) >= 11 is 0. The Morgan fingerprint density at radius 2 is 1.31 bits per heavy atom. The molecule has 0 unspecified atom stereocenters. The minimum Gasteiger partial charge on any atom is -0.356 e. The maximum atomic E-state index is 12.1. The highest BCUT2D eigenvalue weighted by Gasteiger charge is 2.02. The molecule has 36 heavy (non-hydrogen) atoms. The first-order valence-corrected chi connectivity index (χ1v) is 14.7. The van der Waals surface area contributed by atoms with Crippen LogP contribution in [0.4, 0.5) is 0 Å². The van der Waals surface area contributed by atoms with Gasteiger partial charge in [-0.1, -0.05) is 132 Å². The summed E-state index contributed by atoms with van der Waals surface area (Å²) in [6.07, 6.45) is 23.0. The lowest BCUT2D eigenvalue weighted by Gasteiger charge is -2.07. The van der Waals surface area contributed by atoms with E-state index in [-0.39, 0.29) is 5.91 Å². The van der Waals surface area contributed by atoms with Gasteiger partial charge in [-0.25, -0.2) is 0 Å². The number of hydrogen-bond donors (Lipinski definition) is 1. The summed E-state index contributed by atoms with van der Waals surface area (Å²) in [7, 11) is 0. The van der Waals surface area contributed by atoms with Crippen LogP contribution in [-0.4, -0.2) is 12.5 Å². The molecule has 0 bridgehead atoms. The third-order valence-corrected chi connectivity index (χ3v) is 7.16. The lowest BCUT2D eigenvalue weighted by atomic mass is 10.0. The number of carbonyl (C=O) groups excluding carboxylic acids is 1. The Balaban J connectivity index is 1.52. The zero-order valence-electron chi connectivity index (χ0n) is 23.4. The summed E-state index contributed by atoms with van der Waals surface area (Å²) in [5, 5.41) is 3.11. The van der Waals surface area contributed by atoms with Crippen LogP contribution < -0.4 is 5.32 Å². The highest BCUT2D eigenvalue weighted by molar-refractivity contribution is 5.75. The van der Waals surface area contributed by atoms with Gasteiger partial charge in [-0.05, 0) is 60.9 Å². The minimum absolute atomic E-state index is 0.215. The number of nitrogens with one attached hydrogen (secondary N) is 1. The molecule has 0 saturated heterocycles. The Morgan fingerprint density at radius 3 is 1.94 bits per heavy atom. The molecule has 0 aromatic heterocycles. The van der Waals surface area contributed by atoms with E-state index in [2.05, 4.69) is 80.7 Å². The second-order valence-electron chi connectivity index (χ2n) is 10.5. The van der Waals surface area contributed by atoms with E-state index in [1.165, 1.54) is 98.4 Å². The highest BCUT2D eigenvalue weighted by atomic mass is 16.1. The van der Waals surface area contributed by atoms with Crippen molar-refractivity contribution in [2.75, 3.05) is 6.54 Å². The molecule has 0 saturated carbocycles. The SMILES string of the molecule is CCCCCCCCCCCCCCC(=O)NCCCc1cccc(/C=C\c2c(C)cccc2C)c1. The van der Waals surface area contributed by atoms with Gasteiger partial charge in [0, 0.05) is 13.0 Å². The molecule has 0 fully saturated rings. The van der Waals surface area contributed by atoms with Crippen LogP contribution in [0, 0.1) is 13.8 Å². The van der Waals surface area contributed by atoms with E-state index >= 15 is 0 Å². The molecule has 2 nitrogen and oxygen atoms in total. The number of rotatable bonds is 19. The number of aryl methyl sites for hydroxylation is 3. The van der Waals surface area contributed by atoms with Gasteiger partial charge in [0.15, 0.2) is 0 Å². The zero-order valence-corrected chi connectivity index (χ0v) is 23.4.